The Morgan fingerprint density at radius 3 is 2.68 bits per heavy atom. The Morgan fingerprint density at radius 2 is 1.92 bits per heavy atom. The van der Waals surface area contributed by atoms with Gasteiger partial charge in [-0.15, -0.1) is 0 Å². The predicted octanol–water partition coefficient (Wildman–Crippen LogP) is 3.72. The highest BCUT2D eigenvalue weighted by molar-refractivity contribution is 6.07. The van der Waals surface area contributed by atoms with E-state index in [0.717, 1.165) is 11.0 Å². The third-order valence-corrected chi connectivity index (χ3v) is 3.78. The van der Waals surface area contributed by atoms with Crippen LogP contribution in [0.5, 0.6) is 0 Å². The van der Waals surface area contributed by atoms with Gasteiger partial charge in [-0.3, -0.25) is 9.78 Å². The molecule has 0 unspecified atom stereocenters. The average Bonchev–Trinajstić information content (AvgIpc) is 3.07. The van der Waals surface area contributed by atoms with Crippen LogP contribution in [-0.4, -0.2) is 15.9 Å². The molecule has 0 radical (unpaired) electrons. The maximum atomic E-state index is 12.2. The summed E-state index contributed by atoms with van der Waals surface area (Å²) >= 11 is 0. The fourth-order valence-electron chi connectivity index (χ4n) is 2.53. The van der Waals surface area contributed by atoms with Crippen LogP contribution in [0.1, 0.15) is 10.4 Å². The van der Waals surface area contributed by atoms with Crippen molar-refractivity contribution in [2.75, 3.05) is 11.1 Å². The Kier molecular flexibility index (Phi) is 3.63. The maximum Gasteiger partial charge on any atom is 0.259 e. The molecule has 0 fully saturated rings. The molecule has 6 nitrogen and oxygen atoms in total. The number of nitrogens with one attached hydrogen (secondary N) is 1. The molecular weight excluding hydrogens is 316 g/mol. The van der Waals surface area contributed by atoms with Crippen molar-refractivity contribution in [1.82, 2.24) is 9.97 Å². The van der Waals surface area contributed by atoms with Crippen LogP contribution >= 0.6 is 0 Å². The fourth-order valence-corrected chi connectivity index (χ4v) is 2.53. The van der Waals surface area contributed by atoms with Crippen LogP contribution in [0.2, 0.25) is 0 Å². The largest absolute Gasteiger partial charge is 0.454 e. The highest BCUT2D eigenvalue weighted by Crippen LogP contribution is 2.27. The summed E-state index contributed by atoms with van der Waals surface area (Å²) in [6.45, 7) is 0. The maximum absolute atomic E-state index is 12.2. The van der Waals surface area contributed by atoms with Gasteiger partial charge in [-0.25, -0.2) is 4.98 Å². The molecule has 0 aliphatic heterocycles. The Balaban J connectivity index is 1.56. The number of carbonyl (C=O) groups excluding carboxylic acids is 1. The number of para-hydroxylation sites is 1. The molecule has 0 spiro atoms. The molecule has 0 bridgehead atoms. The fraction of sp³-hybridized carbons (Fsp3) is 0. The highest BCUT2D eigenvalue weighted by Gasteiger charge is 2.11. The van der Waals surface area contributed by atoms with E-state index in [1.165, 1.54) is 6.20 Å². The van der Waals surface area contributed by atoms with Gasteiger partial charge in [0, 0.05) is 11.6 Å². The summed E-state index contributed by atoms with van der Waals surface area (Å²) in [4.78, 5) is 20.5. The Morgan fingerprint density at radius 1 is 1.04 bits per heavy atom. The normalized spacial score (nSPS) is 10.7. The Labute approximate surface area is 143 Å². The van der Waals surface area contributed by atoms with Gasteiger partial charge in [0.1, 0.15) is 17.1 Å². The third-order valence-electron chi connectivity index (χ3n) is 3.78. The van der Waals surface area contributed by atoms with Gasteiger partial charge in [0.05, 0.1) is 17.4 Å². The lowest BCUT2D eigenvalue weighted by Gasteiger charge is -2.06. The van der Waals surface area contributed by atoms with Crippen molar-refractivity contribution in [3.63, 3.8) is 0 Å². The number of carbonyl (C=O) groups is 1. The van der Waals surface area contributed by atoms with Crippen molar-refractivity contribution in [3.8, 4) is 11.5 Å². The van der Waals surface area contributed by atoms with Crippen molar-refractivity contribution >= 4 is 28.4 Å². The van der Waals surface area contributed by atoms with Crippen LogP contribution in [0.15, 0.2) is 71.4 Å². The zero-order valence-corrected chi connectivity index (χ0v) is 13.1. The van der Waals surface area contributed by atoms with E-state index >= 15 is 0 Å². The Hall–Kier alpha value is -3.67. The van der Waals surface area contributed by atoms with Gasteiger partial charge in [-0.05, 0) is 36.4 Å². The number of nitrogens with two attached hydrogens (primary N) is 1. The van der Waals surface area contributed by atoms with Gasteiger partial charge >= 0.3 is 0 Å². The van der Waals surface area contributed by atoms with E-state index in [1.807, 2.05) is 30.3 Å². The number of nitrogen functional groups attached to an aromatic ring is 1. The van der Waals surface area contributed by atoms with Gasteiger partial charge in [0.2, 0.25) is 0 Å². The molecule has 4 aromatic rings. The van der Waals surface area contributed by atoms with Crippen molar-refractivity contribution in [2.45, 2.75) is 0 Å². The van der Waals surface area contributed by atoms with E-state index < -0.39 is 0 Å². The highest BCUT2D eigenvalue weighted by atomic mass is 16.3. The monoisotopic (exact) mass is 330 g/mol. The topological polar surface area (TPSA) is 94.0 Å². The number of hydrogen-bond donors (Lipinski definition) is 2. The van der Waals surface area contributed by atoms with E-state index in [-0.39, 0.29) is 11.7 Å². The molecule has 1 amide bonds. The lowest BCUT2D eigenvalue weighted by atomic mass is 10.2. The molecule has 0 saturated heterocycles. The average molecular weight is 330 g/mol. The van der Waals surface area contributed by atoms with E-state index in [9.17, 15) is 4.79 Å². The lowest BCUT2D eigenvalue weighted by molar-refractivity contribution is 0.102. The summed E-state index contributed by atoms with van der Waals surface area (Å²) in [6, 6.07) is 16.5. The number of hydrogen-bond acceptors (Lipinski definition) is 5. The molecule has 4 rings (SSSR count). The number of aromatic nitrogens is 2. The van der Waals surface area contributed by atoms with Crippen molar-refractivity contribution in [3.05, 3.63) is 72.6 Å². The number of nitrogens with zero attached hydrogens (tertiary/aromatic N) is 2. The lowest BCUT2D eigenvalue weighted by Crippen LogP contribution is -2.14. The molecule has 0 saturated carbocycles. The minimum absolute atomic E-state index is 0.187. The van der Waals surface area contributed by atoms with Crippen LogP contribution < -0.4 is 11.1 Å². The van der Waals surface area contributed by atoms with Crippen molar-refractivity contribution in [2.24, 2.45) is 0 Å². The van der Waals surface area contributed by atoms with Crippen LogP contribution in [-0.2, 0) is 0 Å². The summed E-state index contributed by atoms with van der Waals surface area (Å²) < 4.78 is 5.79. The number of fused-ring (bicyclic) bond motifs is 1. The molecular formula is C19H14N4O2. The van der Waals surface area contributed by atoms with Crippen LogP contribution in [0.25, 0.3) is 22.4 Å². The standard InChI is InChI=1S/C19H14N4O2/c20-18-14(5-3-9-21-18)19(24)23-13-7-8-15(22-11-13)17-10-12-4-1-2-6-16(12)25-17/h1-11H,(H2,20,21)(H,23,24). The number of amides is 1. The van der Waals surface area contributed by atoms with Crippen molar-refractivity contribution < 1.29 is 9.21 Å². The molecule has 1 aromatic carbocycles. The van der Waals surface area contributed by atoms with Gasteiger partial charge in [0.15, 0.2) is 5.76 Å². The summed E-state index contributed by atoms with van der Waals surface area (Å²) in [6.07, 6.45) is 3.11. The second-order valence-corrected chi connectivity index (χ2v) is 5.47. The smallest absolute Gasteiger partial charge is 0.259 e. The molecule has 3 N–H and O–H groups in total. The molecule has 0 aliphatic carbocycles. The van der Waals surface area contributed by atoms with Crippen LogP contribution in [0, 0.1) is 0 Å². The number of rotatable bonds is 3. The summed E-state index contributed by atoms with van der Waals surface area (Å²) in [5, 5.41) is 3.77. The number of furan rings is 1. The zero-order chi connectivity index (χ0) is 17.2. The van der Waals surface area contributed by atoms with Gasteiger partial charge in [0.25, 0.3) is 5.91 Å². The molecule has 122 valence electrons. The second kappa shape index (κ2) is 6.09. The van der Waals surface area contributed by atoms with E-state index in [1.54, 1.807) is 30.5 Å². The first kappa shape index (κ1) is 14.9. The molecule has 0 atom stereocenters. The second-order valence-electron chi connectivity index (χ2n) is 5.47. The number of benzene rings is 1. The molecule has 3 heterocycles. The summed E-state index contributed by atoms with van der Waals surface area (Å²) in [5.41, 5.74) is 8.10. The van der Waals surface area contributed by atoms with Gasteiger partial charge in [-0.1, -0.05) is 18.2 Å². The first-order chi connectivity index (χ1) is 12.2. The molecule has 6 heteroatoms. The van der Waals surface area contributed by atoms with Crippen LogP contribution in [0.3, 0.4) is 0 Å². The third kappa shape index (κ3) is 2.92. The number of pyridine rings is 2. The van der Waals surface area contributed by atoms with Crippen molar-refractivity contribution in [1.29, 1.82) is 0 Å². The minimum atomic E-state index is -0.330. The van der Waals surface area contributed by atoms with Crippen LogP contribution in [0.4, 0.5) is 11.5 Å². The summed E-state index contributed by atoms with van der Waals surface area (Å²) in [7, 11) is 0. The van der Waals surface area contributed by atoms with E-state index in [2.05, 4.69) is 15.3 Å². The molecule has 25 heavy (non-hydrogen) atoms. The van der Waals surface area contributed by atoms with E-state index in [4.69, 9.17) is 10.2 Å². The minimum Gasteiger partial charge on any atom is -0.454 e. The molecule has 3 aromatic heterocycles. The summed E-state index contributed by atoms with van der Waals surface area (Å²) in [5.74, 6) is 0.534. The predicted molar refractivity (Wildman–Crippen MR) is 96.0 cm³/mol. The first-order valence-corrected chi connectivity index (χ1v) is 7.67. The SMILES string of the molecule is Nc1ncccc1C(=O)Nc1ccc(-c2cc3ccccc3o2)nc1. The van der Waals surface area contributed by atoms with Gasteiger partial charge < -0.3 is 15.5 Å². The first-order valence-electron chi connectivity index (χ1n) is 7.67. The van der Waals surface area contributed by atoms with E-state index in [0.29, 0.717) is 22.7 Å². The molecule has 0 aliphatic rings. The quantitative estimate of drug-likeness (QED) is 0.597. The zero-order valence-electron chi connectivity index (χ0n) is 13.1. The Bertz CT molecular complexity index is 1020. The number of anilines is 2. The van der Waals surface area contributed by atoms with Gasteiger partial charge in [-0.2, -0.15) is 0 Å².